The fraction of sp³-hybridized carbons (Fsp3) is 0.538. The first-order valence-electron chi connectivity index (χ1n) is 6.00. The Labute approximate surface area is 117 Å². The number of hydrogen-bond donors (Lipinski definition) is 3. The molecule has 0 spiro atoms. The van der Waals surface area contributed by atoms with E-state index in [1.54, 1.807) is 7.11 Å². The number of nitrogens with two attached hydrogens (primary N) is 1. The molecule has 0 saturated heterocycles. The monoisotopic (exact) mass is 315 g/mol. The Morgan fingerprint density at radius 1 is 1.17 bits per heavy atom. The highest BCUT2D eigenvalue weighted by molar-refractivity contribution is 9.10. The van der Waals surface area contributed by atoms with Crippen LogP contribution in [0.1, 0.15) is 22.3 Å². The van der Waals surface area contributed by atoms with E-state index in [0.29, 0.717) is 6.67 Å². The smallest absolute Gasteiger partial charge is 0.125 e. The van der Waals surface area contributed by atoms with Crippen molar-refractivity contribution in [1.82, 2.24) is 10.7 Å². The Kier molecular flexibility index (Phi) is 6.08. The molecule has 5 heteroatoms. The van der Waals surface area contributed by atoms with Gasteiger partial charge in [-0.3, -0.25) is 5.84 Å². The van der Waals surface area contributed by atoms with Gasteiger partial charge in [-0.25, -0.2) is 5.43 Å². The van der Waals surface area contributed by atoms with Gasteiger partial charge in [-0.15, -0.1) is 0 Å². The number of hydrogen-bond acceptors (Lipinski definition) is 4. The van der Waals surface area contributed by atoms with Gasteiger partial charge in [0.15, 0.2) is 0 Å². The lowest BCUT2D eigenvalue weighted by Gasteiger charge is -2.19. The standard InChI is InChI=1S/C13H22BrN3O/c1-8-9(2)13(18-4)11(10(3)12(8)14)5-6-16-7-17-15/h16-17H,5-7,15H2,1-4H3. The molecule has 0 heterocycles. The highest BCUT2D eigenvalue weighted by Gasteiger charge is 2.16. The van der Waals surface area contributed by atoms with Crippen molar-refractivity contribution < 1.29 is 4.74 Å². The van der Waals surface area contributed by atoms with E-state index in [2.05, 4.69) is 47.4 Å². The molecule has 0 aliphatic rings. The fourth-order valence-electron chi connectivity index (χ4n) is 2.10. The normalized spacial score (nSPS) is 10.8. The minimum Gasteiger partial charge on any atom is -0.496 e. The number of ether oxygens (including phenoxy) is 1. The van der Waals surface area contributed by atoms with Gasteiger partial charge >= 0.3 is 0 Å². The summed E-state index contributed by atoms with van der Waals surface area (Å²) in [5.74, 6) is 6.21. The predicted octanol–water partition coefficient (Wildman–Crippen LogP) is 1.94. The molecule has 1 aromatic carbocycles. The molecule has 0 saturated carbocycles. The van der Waals surface area contributed by atoms with Crippen LogP contribution in [0.2, 0.25) is 0 Å². The first kappa shape index (κ1) is 15.4. The van der Waals surface area contributed by atoms with Crippen LogP contribution in [-0.4, -0.2) is 20.3 Å². The lowest BCUT2D eigenvalue weighted by molar-refractivity contribution is 0.404. The van der Waals surface area contributed by atoms with Crippen LogP contribution in [0.5, 0.6) is 5.75 Å². The number of rotatable bonds is 6. The third-order valence-electron chi connectivity index (χ3n) is 3.27. The zero-order valence-electron chi connectivity index (χ0n) is 11.5. The highest BCUT2D eigenvalue weighted by Crippen LogP contribution is 2.36. The number of methoxy groups -OCH3 is 1. The second kappa shape index (κ2) is 7.09. The Morgan fingerprint density at radius 2 is 1.83 bits per heavy atom. The molecule has 0 amide bonds. The minimum absolute atomic E-state index is 0.605. The van der Waals surface area contributed by atoms with Crippen molar-refractivity contribution in [2.24, 2.45) is 5.84 Å². The molecule has 4 nitrogen and oxygen atoms in total. The summed E-state index contributed by atoms with van der Waals surface area (Å²) >= 11 is 3.66. The third-order valence-corrected chi connectivity index (χ3v) is 4.46. The summed E-state index contributed by atoms with van der Waals surface area (Å²) in [6.45, 7) is 7.78. The summed E-state index contributed by atoms with van der Waals surface area (Å²) < 4.78 is 6.73. The van der Waals surface area contributed by atoms with E-state index in [0.717, 1.165) is 18.7 Å². The molecule has 0 fully saturated rings. The van der Waals surface area contributed by atoms with E-state index in [1.807, 2.05) is 0 Å². The Bertz CT molecular complexity index is 421. The van der Waals surface area contributed by atoms with Crippen molar-refractivity contribution in [2.45, 2.75) is 27.2 Å². The maximum absolute atomic E-state index is 5.56. The maximum Gasteiger partial charge on any atom is 0.125 e. The van der Waals surface area contributed by atoms with Crippen molar-refractivity contribution in [2.75, 3.05) is 20.3 Å². The molecule has 0 atom stereocenters. The summed E-state index contributed by atoms with van der Waals surface area (Å²) in [5, 5.41) is 3.21. The van der Waals surface area contributed by atoms with Crippen molar-refractivity contribution >= 4 is 15.9 Å². The second-order valence-electron chi connectivity index (χ2n) is 4.33. The van der Waals surface area contributed by atoms with Crippen LogP contribution in [0.25, 0.3) is 0 Å². The molecule has 0 radical (unpaired) electrons. The highest BCUT2D eigenvalue weighted by atomic mass is 79.9. The SMILES string of the molecule is COc1c(C)c(C)c(Br)c(C)c1CCNCNN. The van der Waals surface area contributed by atoms with Crippen LogP contribution in [0.15, 0.2) is 4.47 Å². The first-order chi connectivity index (χ1) is 8.54. The predicted molar refractivity (Wildman–Crippen MR) is 78.8 cm³/mol. The van der Waals surface area contributed by atoms with Crippen molar-refractivity contribution in [3.63, 3.8) is 0 Å². The topological polar surface area (TPSA) is 59.3 Å². The Balaban J connectivity index is 3.01. The summed E-state index contributed by atoms with van der Waals surface area (Å²) in [7, 11) is 1.73. The van der Waals surface area contributed by atoms with Gasteiger partial charge in [-0.1, -0.05) is 15.9 Å². The number of nitrogens with one attached hydrogen (secondary N) is 2. The molecule has 0 bridgehead atoms. The third kappa shape index (κ3) is 3.23. The molecule has 0 aliphatic heterocycles. The van der Waals surface area contributed by atoms with Crippen LogP contribution in [0, 0.1) is 20.8 Å². The van der Waals surface area contributed by atoms with Crippen LogP contribution < -0.4 is 21.3 Å². The summed E-state index contributed by atoms with van der Waals surface area (Å²) in [6.07, 6.45) is 0.913. The minimum atomic E-state index is 0.605. The van der Waals surface area contributed by atoms with Gasteiger partial charge in [-0.05, 0) is 49.4 Å². The van der Waals surface area contributed by atoms with Gasteiger partial charge in [-0.2, -0.15) is 0 Å². The lowest BCUT2D eigenvalue weighted by atomic mass is 9.97. The molecule has 4 N–H and O–H groups in total. The van der Waals surface area contributed by atoms with Crippen LogP contribution >= 0.6 is 15.9 Å². The average molecular weight is 316 g/mol. The van der Waals surface area contributed by atoms with Gasteiger partial charge in [0.05, 0.1) is 13.8 Å². The summed E-state index contributed by atoms with van der Waals surface area (Å²) in [6, 6.07) is 0. The van der Waals surface area contributed by atoms with Crippen LogP contribution in [0.4, 0.5) is 0 Å². The molecular formula is C13H22BrN3O. The first-order valence-corrected chi connectivity index (χ1v) is 6.80. The maximum atomic E-state index is 5.56. The Hall–Kier alpha value is -0.620. The number of benzene rings is 1. The molecule has 1 rings (SSSR count). The van der Waals surface area contributed by atoms with Crippen molar-refractivity contribution in [1.29, 1.82) is 0 Å². The van der Waals surface area contributed by atoms with Gasteiger partial charge in [0, 0.05) is 11.0 Å². The van der Waals surface area contributed by atoms with Gasteiger partial charge in [0.2, 0.25) is 0 Å². The lowest BCUT2D eigenvalue weighted by Crippen LogP contribution is -2.34. The quantitative estimate of drug-likeness (QED) is 0.325. The van der Waals surface area contributed by atoms with Crippen LogP contribution in [0.3, 0.4) is 0 Å². The Morgan fingerprint density at radius 3 is 2.39 bits per heavy atom. The van der Waals surface area contributed by atoms with E-state index < -0.39 is 0 Å². The summed E-state index contributed by atoms with van der Waals surface area (Å²) in [5.41, 5.74) is 7.51. The zero-order valence-corrected chi connectivity index (χ0v) is 13.1. The molecule has 18 heavy (non-hydrogen) atoms. The molecule has 0 aliphatic carbocycles. The van der Waals surface area contributed by atoms with E-state index in [9.17, 15) is 0 Å². The number of hydrazine groups is 1. The molecule has 0 aromatic heterocycles. The van der Waals surface area contributed by atoms with Gasteiger partial charge < -0.3 is 10.1 Å². The largest absolute Gasteiger partial charge is 0.496 e. The van der Waals surface area contributed by atoms with Crippen molar-refractivity contribution in [3.05, 3.63) is 26.7 Å². The van der Waals surface area contributed by atoms with Gasteiger partial charge in [0.1, 0.15) is 5.75 Å². The molecule has 1 aromatic rings. The van der Waals surface area contributed by atoms with E-state index in [1.165, 1.54) is 26.7 Å². The number of halogens is 1. The molecule has 0 unspecified atom stereocenters. The molecular weight excluding hydrogens is 294 g/mol. The van der Waals surface area contributed by atoms with E-state index in [-0.39, 0.29) is 0 Å². The van der Waals surface area contributed by atoms with E-state index in [4.69, 9.17) is 10.6 Å². The van der Waals surface area contributed by atoms with Crippen LogP contribution in [-0.2, 0) is 6.42 Å². The van der Waals surface area contributed by atoms with E-state index >= 15 is 0 Å². The van der Waals surface area contributed by atoms with Crippen molar-refractivity contribution in [3.8, 4) is 5.75 Å². The molecule has 102 valence electrons. The second-order valence-corrected chi connectivity index (χ2v) is 5.12. The average Bonchev–Trinajstić information content (AvgIpc) is 2.38. The van der Waals surface area contributed by atoms with Gasteiger partial charge in [0.25, 0.3) is 0 Å². The summed E-state index contributed by atoms with van der Waals surface area (Å²) in [4.78, 5) is 0. The zero-order chi connectivity index (χ0) is 13.7. The fourth-order valence-corrected chi connectivity index (χ4v) is 2.63.